The summed E-state index contributed by atoms with van der Waals surface area (Å²) in [5, 5.41) is 3.03. The van der Waals surface area contributed by atoms with E-state index in [1.807, 2.05) is 33.3 Å². The molecular formula is C70H125N2O7P. The molecule has 9 nitrogen and oxygen atoms in total. The van der Waals surface area contributed by atoms with Crippen LogP contribution in [0.4, 0.5) is 0 Å². The van der Waals surface area contributed by atoms with Crippen molar-refractivity contribution >= 4 is 19.7 Å². The summed E-state index contributed by atoms with van der Waals surface area (Å²) in [6.07, 6.45) is 79.4. The van der Waals surface area contributed by atoms with Crippen LogP contribution >= 0.6 is 7.82 Å². The van der Waals surface area contributed by atoms with Gasteiger partial charge in [-0.25, -0.2) is 0 Å². The summed E-state index contributed by atoms with van der Waals surface area (Å²) in [5.41, 5.74) is 0. The van der Waals surface area contributed by atoms with E-state index >= 15 is 0 Å². The Bertz CT molecular complexity index is 1690. The fourth-order valence-electron chi connectivity index (χ4n) is 9.17. The minimum absolute atomic E-state index is 0.0288. The largest absolute Gasteiger partial charge is 0.756 e. The molecule has 3 unspecified atom stereocenters. The SMILES string of the molecule is CC/C=C\C/C=C\C/C=C\C/C=C\C/C=C\CCCCCCCCCCCC(=O)NC(COP(=O)([O-])OCC[N+](C)(C)C)C(/C=C\CCCCCCCCCCCC)OC(=O)CCCCCCCCC/C=C\C/C=C\CCCCC. The van der Waals surface area contributed by atoms with Crippen LogP contribution in [0.1, 0.15) is 284 Å². The average Bonchev–Trinajstić information content (AvgIpc) is 3.42. The number of nitrogens with one attached hydrogen (secondary N) is 1. The Morgan fingerprint density at radius 3 is 1.23 bits per heavy atom. The van der Waals surface area contributed by atoms with Crippen LogP contribution in [-0.4, -0.2) is 69.4 Å². The number of hydrogen-bond acceptors (Lipinski definition) is 7. The lowest BCUT2D eigenvalue weighted by Crippen LogP contribution is -2.47. The van der Waals surface area contributed by atoms with Gasteiger partial charge in [0, 0.05) is 12.8 Å². The lowest BCUT2D eigenvalue weighted by atomic mass is 10.0. The molecule has 0 aliphatic carbocycles. The molecule has 0 rings (SSSR count). The van der Waals surface area contributed by atoms with E-state index in [9.17, 15) is 19.0 Å². The topological polar surface area (TPSA) is 114 Å². The van der Waals surface area contributed by atoms with Crippen molar-refractivity contribution in [2.75, 3.05) is 40.9 Å². The molecule has 0 heterocycles. The molecule has 0 aromatic rings. The Morgan fingerprint density at radius 1 is 0.450 bits per heavy atom. The minimum atomic E-state index is -4.71. The first-order valence-corrected chi connectivity index (χ1v) is 34.5. The molecule has 0 aromatic heterocycles. The fraction of sp³-hybridized carbons (Fsp3) is 0.743. The number of likely N-dealkylation sites (N-methyl/N-ethyl adjacent to an activating group) is 1. The molecule has 10 heteroatoms. The predicted octanol–water partition coefficient (Wildman–Crippen LogP) is 20.1. The second-order valence-corrected chi connectivity index (χ2v) is 24.6. The van der Waals surface area contributed by atoms with Crippen molar-refractivity contribution in [2.24, 2.45) is 0 Å². The maximum Gasteiger partial charge on any atom is 0.306 e. The quantitative estimate of drug-likeness (QED) is 0.0212. The van der Waals surface area contributed by atoms with E-state index in [0.29, 0.717) is 17.4 Å². The van der Waals surface area contributed by atoms with Crippen molar-refractivity contribution in [3.63, 3.8) is 0 Å². The number of allylic oxidation sites excluding steroid dienone is 15. The van der Waals surface area contributed by atoms with Gasteiger partial charge < -0.3 is 28.5 Å². The van der Waals surface area contributed by atoms with E-state index in [2.05, 4.69) is 111 Å². The van der Waals surface area contributed by atoms with Crippen molar-refractivity contribution in [3.8, 4) is 0 Å². The number of unbranched alkanes of at least 4 members (excludes halogenated alkanes) is 29. The lowest BCUT2D eigenvalue weighted by molar-refractivity contribution is -0.870. The van der Waals surface area contributed by atoms with Crippen molar-refractivity contribution < 1.29 is 37.3 Å². The summed E-state index contributed by atoms with van der Waals surface area (Å²) in [6, 6.07) is -0.900. The van der Waals surface area contributed by atoms with E-state index in [-0.39, 0.29) is 24.9 Å². The first-order valence-electron chi connectivity index (χ1n) is 33.0. The standard InChI is InChI=1S/C70H125N2O7P/c1-7-10-13-16-19-22-25-28-30-32-33-34-35-36-37-38-39-41-42-44-47-50-53-56-59-62-69(73)71-67(66-78-80(75,76)77-65-64-72(4,5)6)68(61-58-55-52-49-46-27-24-21-18-15-12-9-3)79-70(74)63-60-57-54-51-48-45-43-40-31-29-26-23-20-17-14-11-8-2/h10,13,19-20,22-23,28-31,33-34,36-37,58,61,67-68H,7-9,11-12,14-18,21,24-27,32,35,38-57,59-60,62-66H2,1-6H3,(H-,71,73,75,76)/b13-10-,22-19-,23-20-,30-28-,31-29-,34-33-,37-36-,61-58-. The van der Waals surface area contributed by atoms with E-state index in [1.165, 1.54) is 128 Å². The molecule has 1 amide bonds. The zero-order chi connectivity index (χ0) is 58.6. The molecule has 0 saturated carbocycles. The summed E-state index contributed by atoms with van der Waals surface area (Å²) in [7, 11) is 1.17. The van der Waals surface area contributed by atoms with Crippen molar-refractivity contribution in [1.82, 2.24) is 5.32 Å². The van der Waals surface area contributed by atoms with Gasteiger partial charge in [-0.1, -0.05) is 260 Å². The molecular weight excluding hydrogens is 1010 g/mol. The molecule has 3 atom stereocenters. The molecule has 0 aromatic carbocycles. The van der Waals surface area contributed by atoms with Gasteiger partial charge in [-0.05, 0) is 109 Å². The van der Waals surface area contributed by atoms with Crippen LogP contribution in [0.2, 0.25) is 0 Å². The van der Waals surface area contributed by atoms with Crippen molar-refractivity contribution in [3.05, 3.63) is 97.2 Å². The van der Waals surface area contributed by atoms with Gasteiger partial charge in [0.1, 0.15) is 19.3 Å². The number of quaternary nitrogens is 1. The van der Waals surface area contributed by atoms with Gasteiger partial charge in [-0.15, -0.1) is 0 Å². The molecule has 462 valence electrons. The Morgan fingerprint density at radius 2 is 0.800 bits per heavy atom. The molecule has 0 saturated heterocycles. The third-order valence-corrected chi connectivity index (χ3v) is 15.2. The van der Waals surface area contributed by atoms with Crippen LogP contribution in [-0.2, 0) is 27.9 Å². The molecule has 0 fully saturated rings. The highest BCUT2D eigenvalue weighted by Crippen LogP contribution is 2.38. The van der Waals surface area contributed by atoms with Crippen LogP contribution in [0, 0.1) is 0 Å². The predicted molar refractivity (Wildman–Crippen MR) is 344 cm³/mol. The summed E-state index contributed by atoms with van der Waals surface area (Å²) in [5.74, 6) is -0.557. The number of carbonyl (C=O) groups excluding carboxylic acids is 2. The monoisotopic (exact) mass is 1140 g/mol. The van der Waals surface area contributed by atoms with Crippen LogP contribution in [0.3, 0.4) is 0 Å². The second-order valence-electron chi connectivity index (χ2n) is 23.2. The number of amides is 1. The smallest absolute Gasteiger partial charge is 0.306 e. The number of rotatable bonds is 59. The van der Waals surface area contributed by atoms with Crippen LogP contribution in [0.25, 0.3) is 0 Å². The zero-order valence-electron chi connectivity index (χ0n) is 52.8. The van der Waals surface area contributed by atoms with Crippen LogP contribution in [0.5, 0.6) is 0 Å². The zero-order valence-corrected chi connectivity index (χ0v) is 53.7. The Labute approximate surface area is 494 Å². The van der Waals surface area contributed by atoms with Crippen molar-refractivity contribution in [1.29, 1.82) is 0 Å². The average molecular weight is 1140 g/mol. The molecule has 1 N–H and O–H groups in total. The fourth-order valence-corrected chi connectivity index (χ4v) is 9.89. The Kier molecular flexibility index (Phi) is 56.8. The Hall–Kier alpha value is -3.07. The Balaban J connectivity index is 5.16. The number of phosphoric acid groups is 1. The van der Waals surface area contributed by atoms with E-state index in [1.54, 1.807) is 0 Å². The van der Waals surface area contributed by atoms with Crippen LogP contribution in [0.15, 0.2) is 97.2 Å². The number of carbonyl (C=O) groups is 2. The number of phosphoric ester groups is 1. The molecule has 0 aliphatic heterocycles. The van der Waals surface area contributed by atoms with Gasteiger partial charge in [0.05, 0.1) is 33.8 Å². The van der Waals surface area contributed by atoms with Gasteiger partial charge in [0.15, 0.2) is 0 Å². The van der Waals surface area contributed by atoms with E-state index < -0.39 is 26.6 Å². The highest BCUT2D eigenvalue weighted by atomic mass is 31.2. The third-order valence-electron chi connectivity index (χ3n) is 14.2. The van der Waals surface area contributed by atoms with Crippen molar-refractivity contribution in [2.45, 2.75) is 296 Å². The minimum Gasteiger partial charge on any atom is -0.756 e. The van der Waals surface area contributed by atoms with Crippen LogP contribution < -0.4 is 10.2 Å². The van der Waals surface area contributed by atoms with Gasteiger partial charge >= 0.3 is 5.97 Å². The second kappa shape index (κ2) is 59.1. The maximum atomic E-state index is 13.6. The number of ether oxygens (including phenoxy) is 1. The summed E-state index contributed by atoms with van der Waals surface area (Å²) >= 11 is 0. The van der Waals surface area contributed by atoms with E-state index in [4.69, 9.17) is 13.8 Å². The van der Waals surface area contributed by atoms with Gasteiger partial charge in [-0.2, -0.15) is 0 Å². The van der Waals surface area contributed by atoms with Gasteiger partial charge in [-0.3, -0.25) is 14.2 Å². The summed E-state index contributed by atoms with van der Waals surface area (Å²) in [4.78, 5) is 40.1. The normalized spacial score (nSPS) is 14.2. The molecule has 0 aliphatic rings. The summed E-state index contributed by atoms with van der Waals surface area (Å²) < 4.78 is 30.4. The number of nitrogens with zero attached hydrogens (tertiary/aromatic N) is 1. The third kappa shape index (κ3) is 59.5. The molecule has 0 bridgehead atoms. The van der Waals surface area contributed by atoms with E-state index in [0.717, 1.165) is 122 Å². The highest BCUT2D eigenvalue weighted by Gasteiger charge is 2.27. The first kappa shape index (κ1) is 76.9. The first-order chi connectivity index (χ1) is 38.9. The number of hydrogen-bond donors (Lipinski definition) is 1. The summed E-state index contributed by atoms with van der Waals surface area (Å²) in [6.45, 7) is 6.70. The number of esters is 1. The molecule has 80 heavy (non-hydrogen) atoms. The van der Waals surface area contributed by atoms with Gasteiger partial charge in [0.2, 0.25) is 5.91 Å². The van der Waals surface area contributed by atoms with Gasteiger partial charge in [0.25, 0.3) is 7.82 Å². The molecule has 0 radical (unpaired) electrons. The highest BCUT2D eigenvalue weighted by molar-refractivity contribution is 7.45. The maximum absolute atomic E-state index is 13.6. The lowest BCUT2D eigenvalue weighted by Gasteiger charge is -2.30. The molecule has 0 spiro atoms.